The summed E-state index contributed by atoms with van der Waals surface area (Å²) in [7, 11) is 0. The fourth-order valence-corrected chi connectivity index (χ4v) is 1.79. The van der Waals surface area contributed by atoms with Gasteiger partial charge in [-0.3, -0.25) is 4.79 Å². The first-order valence-corrected chi connectivity index (χ1v) is 5.51. The lowest BCUT2D eigenvalue weighted by Gasteiger charge is -2.14. The molecular weight excluding hydrogens is 276 g/mol. The molecule has 0 spiro atoms. The van der Waals surface area contributed by atoms with Crippen LogP contribution in [0.4, 0.5) is 17.6 Å². The highest BCUT2D eigenvalue weighted by Crippen LogP contribution is 2.35. The van der Waals surface area contributed by atoms with Crippen molar-refractivity contribution in [1.29, 1.82) is 0 Å². The van der Waals surface area contributed by atoms with Gasteiger partial charge in [-0.2, -0.15) is 0 Å². The van der Waals surface area contributed by atoms with Crippen molar-refractivity contribution in [2.75, 3.05) is 0 Å². The van der Waals surface area contributed by atoms with Crippen molar-refractivity contribution in [2.45, 2.75) is 6.36 Å². The van der Waals surface area contributed by atoms with Crippen LogP contribution in [0, 0.1) is 5.82 Å². The summed E-state index contributed by atoms with van der Waals surface area (Å²) in [4.78, 5) is 10.9. The smallest absolute Gasteiger partial charge is 0.405 e. The molecule has 0 heterocycles. The van der Waals surface area contributed by atoms with Crippen LogP contribution in [0.2, 0.25) is 0 Å². The second-order valence-electron chi connectivity index (χ2n) is 3.86. The molecule has 0 atom stereocenters. The summed E-state index contributed by atoms with van der Waals surface area (Å²) in [5, 5.41) is 0. The minimum absolute atomic E-state index is 0.00794. The Kier molecular flexibility index (Phi) is 3.74. The zero-order valence-electron chi connectivity index (χ0n) is 9.95. The van der Waals surface area contributed by atoms with Gasteiger partial charge >= 0.3 is 6.36 Å². The standard InChI is InChI=1S/C14H8F4O2/c15-12-6-3-5-9(11(12)8-19)10-4-1-2-7-13(10)20-14(16,17)18/h1-8H. The Morgan fingerprint density at radius 3 is 2.25 bits per heavy atom. The number of para-hydroxylation sites is 1. The zero-order valence-corrected chi connectivity index (χ0v) is 9.95. The minimum Gasteiger partial charge on any atom is -0.405 e. The molecule has 6 heteroatoms. The van der Waals surface area contributed by atoms with Gasteiger partial charge in [0, 0.05) is 5.56 Å². The van der Waals surface area contributed by atoms with Gasteiger partial charge < -0.3 is 4.74 Å². The molecule has 2 nitrogen and oxygen atoms in total. The molecule has 0 bridgehead atoms. The first-order chi connectivity index (χ1) is 9.42. The molecule has 0 saturated heterocycles. The van der Waals surface area contributed by atoms with Gasteiger partial charge in [0.1, 0.15) is 11.6 Å². The van der Waals surface area contributed by atoms with Crippen LogP contribution >= 0.6 is 0 Å². The van der Waals surface area contributed by atoms with Gasteiger partial charge in [0.15, 0.2) is 6.29 Å². The Labute approximate surface area is 111 Å². The summed E-state index contributed by atoms with van der Waals surface area (Å²) < 4.78 is 54.4. The Balaban J connectivity index is 2.59. The summed E-state index contributed by atoms with van der Waals surface area (Å²) in [6.07, 6.45) is -4.61. The highest BCUT2D eigenvalue weighted by atomic mass is 19.4. The van der Waals surface area contributed by atoms with E-state index in [1.807, 2.05) is 0 Å². The second kappa shape index (κ2) is 5.32. The Hall–Kier alpha value is -2.37. The quantitative estimate of drug-likeness (QED) is 0.623. The van der Waals surface area contributed by atoms with E-state index >= 15 is 0 Å². The van der Waals surface area contributed by atoms with Gasteiger partial charge in [-0.1, -0.05) is 30.3 Å². The molecule has 0 saturated carbocycles. The molecule has 0 aliphatic carbocycles. The second-order valence-corrected chi connectivity index (χ2v) is 3.86. The maximum Gasteiger partial charge on any atom is 0.573 e. The summed E-state index contributed by atoms with van der Waals surface area (Å²) in [6.45, 7) is 0. The SMILES string of the molecule is O=Cc1c(F)cccc1-c1ccccc1OC(F)(F)F. The number of carbonyl (C=O) groups is 1. The van der Waals surface area contributed by atoms with Crippen molar-refractivity contribution in [3.05, 3.63) is 53.8 Å². The van der Waals surface area contributed by atoms with E-state index in [2.05, 4.69) is 4.74 Å². The largest absolute Gasteiger partial charge is 0.573 e. The predicted octanol–water partition coefficient (Wildman–Crippen LogP) is 4.20. The highest BCUT2D eigenvalue weighted by Gasteiger charge is 2.32. The predicted molar refractivity (Wildman–Crippen MR) is 63.9 cm³/mol. The van der Waals surface area contributed by atoms with Crippen molar-refractivity contribution in [2.24, 2.45) is 0 Å². The van der Waals surface area contributed by atoms with Crippen molar-refractivity contribution >= 4 is 6.29 Å². The lowest BCUT2D eigenvalue weighted by Crippen LogP contribution is -2.17. The number of hydrogen-bond acceptors (Lipinski definition) is 2. The number of benzene rings is 2. The monoisotopic (exact) mass is 284 g/mol. The van der Waals surface area contributed by atoms with Gasteiger partial charge in [0.05, 0.1) is 5.56 Å². The molecule has 0 radical (unpaired) electrons. The van der Waals surface area contributed by atoms with Crippen LogP contribution in [0.1, 0.15) is 10.4 Å². The maximum absolute atomic E-state index is 13.5. The van der Waals surface area contributed by atoms with Crippen molar-refractivity contribution in [3.63, 3.8) is 0 Å². The van der Waals surface area contributed by atoms with Crippen LogP contribution in [0.15, 0.2) is 42.5 Å². The summed E-state index contributed by atoms with van der Waals surface area (Å²) in [5.41, 5.74) is -0.281. The van der Waals surface area contributed by atoms with E-state index < -0.39 is 17.9 Å². The average Bonchev–Trinajstić information content (AvgIpc) is 2.37. The first-order valence-electron chi connectivity index (χ1n) is 5.51. The lowest BCUT2D eigenvalue weighted by molar-refractivity contribution is -0.274. The van der Waals surface area contributed by atoms with Gasteiger partial charge in [0.2, 0.25) is 0 Å². The Morgan fingerprint density at radius 1 is 0.950 bits per heavy atom. The van der Waals surface area contributed by atoms with Gasteiger partial charge in [-0.25, -0.2) is 4.39 Å². The normalized spacial score (nSPS) is 11.2. The number of carbonyl (C=O) groups excluding carboxylic acids is 1. The van der Waals surface area contributed by atoms with Crippen molar-refractivity contribution < 1.29 is 27.1 Å². The molecule has 0 aliphatic heterocycles. The summed E-state index contributed by atoms with van der Waals surface area (Å²) in [6, 6.07) is 8.96. The number of aldehydes is 1. The third-order valence-electron chi connectivity index (χ3n) is 2.57. The average molecular weight is 284 g/mol. The van der Waals surface area contributed by atoms with E-state index in [1.165, 1.54) is 30.3 Å². The van der Waals surface area contributed by atoms with Crippen LogP contribution in [-0.2, 0) is 0 Å². The molecule has 2 rings (SSSR count). The molecule has 0 aliphatic rings. The molecule has 0 fully saturated rings. The highest BCUT2D eigenvalue weighted by molar-refractivity contribution is 5.89. The number of rotatable bonds is 3. The van der Waals surface area contributed by atoms with Crippen LogP contribution in [0.3, 0.4) is 0 Å². The van der Waals surface area contributed by atoms with E-state index in [4.69, 9.17) is 0 Å². The molecule has 0 aromatic heterocycles. The fourth-order valence-electron chi connectivity index (χ4n) is 1.79. The number of halogens is 4. The third-order valence-corrected chi connectivity index (χ3v) is 2.57. The number of hydrogen-bond donors (Lipinski definition) is 0. The molecule has 0 amide bonds. The van der Waals surface area contributed by atoms with Gasteiger partial charge in [-0.15, -0.1) is 13.2 Å². The minimum atomic E-state index is -4.87. The molecular formula is C14H8F4O2. The van der Waals surface area contributed by atoms with E-state index in [9.17, 15) is 22.4 Å². The Morgan fingerprint density at radius 2 is 1.60 bits per heavy atom. The lowest BCUT2D eigenvalue weighted by atomic mass is 9.99. The number of alkyl halides is 3. The molecule has 104 valence electrons. The van der Waals surface area contributed by atoms with Gasteiger partial charge in [-0.05, 0) is 17.7 Å². The molecule has 0 N–H and O–H groups in total. The van der Waals surface area contributed by atoms with Crippen LogP contribution in [0.25, 0.3) is 11.1 Å². The van der Waals surface area contributed by atoms with Gasteiger partial charge in [0.25, 0.3) is 0 Å². The molecule has 2 aromatic rings. The van der Waals surface area contributed by atoms with E-state index in [1.54, 1.807) is 0 Å². The summed E-state index contributed by atoms with van der Waals surface area (Å²) in [5.74, 6) is -1.30. The maximum atomic E-state index is 13.5. The van der Waals surface area contributed by atoms with Crippen molar-refractivity contribution in [3.8, 4) is 16.9 Å². The van der Waals surface area contributed by atoms with Crippen LogP contribution < -0.4 is 4.74 Å². The summed E-state index contributed by atoms with van der Waals surface area (Å²) >= 11 is 0. The topological polar surface area (TPSA) is 26.3 Å². The zero-order chi connectivity index (χ0) is 14.8. The van der Waals surface area contributed by atoms with E-state index in [-0.39, 0.29) is 23.0 Å². The molecule has 2 aromatic carbocycles. The molecule has 0 unspecified atom stereocenters. The van der Waals surface area contributed by atoms with E-state index in [0.29, 0.717) is 0 Å². The third kappa shape index (κ3) is 2.96. The van der Waals surface area contributed by atoms with Crippen LogP contribution in [-0.4, -0.2) is 12.6 Å². The Bertz CT molecular complexity index is 635. The number of ether oxygens (including phenoxy) is 1. The van der Waals surface area contributed by atoms with Crippen molar-refractivity contribution in [1.82, 2.24) is 0 Å². The molecule has 20 heavy (non-hydrogen) atoms. The fraction of sp³-hybridized carbons (Fsp3) is 0.0714. The van der Waals surface area contributed by atoms with E-state index in [0.717, 1.165) is 12.1 Å². The first kappa shape index (κ1) is 14.0. The van der Waals surface area contributed by atoms with Crippen LogP contribution in [0.5, 0.6) is 5.75 Å².